The molecule has 0 bridgehead atoms. The Balaban J connectivity index is 3.00. The minimum absolute atomic E-state index is 0.0269. The van der Waals surface area contributed by atoms with E-state index in [0.29, 0.717) is 0 Å². The topological polar surface area (TPSA) is 107 Å². The summed E-state index contributed by atoms with van der Waals surface area (Å²) < 4.78 is 0. The zero-order valence-electron chi connectivity index (χ0n) is 9.30. The molecule has 0 saturated carbocycles. The van der Waals surface area contributed by atoms with E-state index in [1.165, 1.54) is 0 Å². The summed E-state index contributed by atoms with van der Waals surface area (Å²) in [6, 6.07) is 0.146. The van der Waals surface area contributed by atoms with E-state index in [9.17, 15) is 10.1 Å². The number of anilines is 2. The minimum Gasteiger partial charge on any atom is -0.368 e. The predicted molar refractivity (Wildman–Crippen MR) is 61.1 cm³/mol. The van der Waals surface area contributed by atoms with E-state index >= 15 is 0 Å². The molecule has 1 aromatic heterocycles. The van der Waals surface area contributed by atoms with Crippen LogP contribution in [0.4, 0.5) is 17.5 Å². The van der Waals surface area contributed by atoms with Crippen molar-refractivity contribution >= 4 is 17.5 Å². The van der Waals surface area contributed by atoms with Gasteiger partial charge in [-0.05, 0) is 12.8 Å². The van der Waals surface area contributed by atoms with Gasteiger partial charge in [0.2, 0.25) is 11.8 Å². The van der Waals surface area contributed by atoms with Crippen molar-refractivity contribution in [2.24, 2.45) is 0 Å². The highest BCUT2D eigenvalue weighted by Gasteiger charge is 2.18. The molecule has 0 aliphatic heterocycles. The molecule has 0 atom stereocenters. The zero-order valence-corrected chi connectivity index (χ0v) is 9.30. The lowest BCUT2D eigenvalue weighted by atomic mass is 10.2. The van der Waals surface area contributed by atoms with Crippen LogP contribution >= 0.6 is 0 Å². The van der Waals surface area contributed by atoms with Gasteiger partial charge in [0.1, 0.15) is 6.20 Å². The Hall–Kier alpha value is -1.92. The molecule has 7 heteroatoms. The third-order valence-corrected chi connectivity index (χ3v) is 2.31. The first-order valence-electron chi connectivity index (χ1n) is 5.11. The van der Waals surface area contributed by atoms with E-state index in [1.807, 2.05) is 13.8 Å². The van der Waals surface area contributed by atoms with Crippen molar-refractivity contribution in [3.8, 4) is 0 Å². The fraction of sp³-hybridized carbons (Fsp3) is 0.556. The fourth-order valence-corrected chi connectivity index (χ4v) is 1.32. The van der Waals surface area contributed by atoms with Crippen molar-refractivity contribution in [2.75, 3.05) is 11.1 Å². The Kier molecular flexibility index (Phi) is 3.98. The van der Waals surface area contributed by atoms with Crippen molar-refractivity contribution in [3.05, 3.63) is 16.3 Å². The molecule has 0 saturated heterocycles. The van der Waals surface area contributed by atoms with Crippen LogP contribution < -0.4 is 11.1 Å². The van der Waals surface area contributed by atoms with E-state index < -0.39 is 4.92 Å². The average molecular weight is 225 g/mol. The molecule has 3 N–H and O–H groups in total. The van der Waals surface area contributed by atoms with Crippen LogP contribution in [-0.4, -0.2) is 20.9 Å². The number of nitrogens with one attached hydrogen (secondary N) is 1. The molecule has 0 fully saturated rings. The predicted octanol–water partition coefficient (Wildman–Crippen LogP) is 1.57. The second kappa shape index (κ2) is 5.24. The number of rotatable bonds is 5. The van der Waals surface area contributed by atoms with Gasteiger partial charge in [0.05, 0.1) is 4.92 Å². The van der Waals surface area contributed by atoms with Gasteiger partial charge in [-0.2, -0.15) is 4.98 Å². The number of nitrogen functional groups attached to an aromatic ring is 1. The number of hydrogen-bond donors (Lipinski definition) is 2. The number of hydrogen-bond acceptors (Lipinski definition) is 6. The Bertz CT molecular complexity index is 378. The summed E-state index contributed by atoms with van der Waals surface area (Å²) >= 11 is 0. The maximum absolute atomic E-state index is 10.7. The third kappa shape index (κ3) is 2.78. The molecule has 88 valence electrons. The highest BCUT2D eigenvalue weighted by Crippen LogP contribution is 2.22. The number of nitro groups is 1. The van der Waals surface area contributed by atoms with Gasteiger partial charge in [0, 0.05) is 6.04 Å². The molecule has 16 heavy (non-hydrogen) atoms. The van der Waals surface area contributed by atoms with Gasteiger partial charge in [0.25, 0.3) is 0 Å². The Labute approximate surface area is 93.2 Å². The van der Waals surface area contributed by atoms with Crippen molar-refractivity contribution in [1.29, 1.82) is 0 Å². The van der Waals surface area contributed by atoms with Crippen LogP contribution in [-0.2, 0) is 0 Å². The summed E-state index contributed by atoms with van der Waals surface area (Å²) in [5.41, 5.74) is 5.25. The summed E-state index contributed by atoms with van der Waals surface area (Å²) in [5, 5.41) is 13.7. The van der Waals surface area contributed by atoms with Crippen molar-refractivity contribution in [2.45, 2.75) is 32.7 Å². The van der Waals surface area contributed by atoms with Crippen LogP contribution in [0, 0.1) is 10.1 Å². The van der Waals surface area contributed by atoms with Crippen molar-refractivity contribution < 1.29 is 4.92 Å². The van der Waals surface area contributed by atoms with Crippen LogP contribution in [0.1, 0.15) is 26.7 Å². The smallest absolute Gasteiger partial charge is 0.329 e. The molecule has 0 aliphatic carbocycles. The first-order valence-corrected chi connectivity index (χ1v) is 5.11. The molecule has 0 spiro atoms. The highest BCUT2D eigenvalue weighted by molar-refractivity contribution is 5.56. The highest BCUT2D eigenvalue weighted by atomic mass is 16.6. The maximum Gasteiger partial charge on any atom is 0.329 e. The van der Waals surface area contributed by atoms with Gasteiger partial charge in [-0.15, -0.1) is 0 Å². The monoisotopic (exact) mass is 225 g/mol. The molecular formula is C9H15N5O2. The molecule has 0 aromatic carbocycles. The summed E-state index contributed by atoms with van der Waals surface area (Å²) in [4.78, 5) is 17.7. The molecule has 0 radical (unpaired) electrons. The number of aromatic nitrogens is 2. The average Bonchev–Trinajstić information content (AvgIpc) is 2.25. The summed E-state index contributed by atoms with van der Waals surface area (Å²) in [5.74, 6) is 0.213. The van der Waals surface area contributed by atoms with Gasteiger partial charge in [-0.25, -0.2) is 4.98 Å². The van der Waals surface area contributed by atoms with E-state index in [1.54, 1.807) is 0 Å². The van der Waals surface area contributed by atoms with E-state index in [2.05, 4.69) is 15.3 Å². The Morgan fingerprint density at radius 3 is 2.69 bits per heavy atom. The second-order valence-electron chi connectivity index (χ2n) is 3.38. The van der Waals surface area contributed by atoms with Crippen molar-refractivity contribution in [3.63, 3.8) is 0 Å². The Morgan fingerprint density at radius 1 is 1.56 bits per heavy atom. The third-order valence-electron chi connectivity index (χ3n) is 2.31. The Morgan fingerprint density at radius 2 is 2.19 bits per heavy atom. The molecule has 1 heterocycles. The molecule has 1 rings (SSSR count). The first kappa shape index (κ1) is 12.2. The van der Waals surface area contributed by atoms with Crippen LogP contribution in [0.3, 0.4) is 0 Å². The van der Waals surface area contributed by atoms with Gasteiger partial charge in [-0.1, -0.05) is 13.8 Å². The van der Waals surface area contributed by atoms with Gasteiger partial charge >= 0.3 is 5.69 Å². The lowest BCUT2D eigenvalue weighted by Crippen LogP contribution is -2.19. The fourth-order valence-electron chi connectivity index (χ4n) is 1.32. The van der Waals surface area contributed by atoms with Gasteiger partial charge in [0.15, 0.2) is 0 Å². The summed E-state index contributed by atoms with van der Waals surface area (Å²) in [7, 11) is 0. The van der Waals surface area contributed by atoms with Crippen molar-refractivity contribution in [1.82, 2.24) is 9.97 Å². The first-order chi connectivity index (χ1) is 7.58. The molecule has 7 nitrogen and oxygen atoms in total. The summed E-state index contributed by atoms with van der Waals surface area (Å²) in [6.45, 7) is 4.00. The molecular weight excluding hydrogens is 210 g/mol. The standard InChI is InChI=1S/C9H15N5O2/c1-3-6(4-2)12-8-7(14(15)16)5-11-9(10)13-8/h5-6H,3-4H2,1-2H3,(H3,10,11,12,13). The largest absolute Gasteiger partial charge is 0.368 e. The lowest BCUT2D eigenvalue weighted by Gasteiger charge is -2.14. The SMILES string of the molecule is CCC(CC)Nc1nc(N)ncc1[N+](=O)[O-]. The van der Waals surface area contributed by atoms with E-state index in [0.717, 1.165) is 19.0 Å². The quantitative estimate of drug-likeness (QED) is 0.581. The van der Waals surface area contributed by atoms with Crippen LogP contribution in [0.15, 0.2) is 6.20 Å². The number of nitrogens with two attached hydrogens (primary N) is 1. The maximum atomic E-state index is 10.7. The normalized spacial score (nSPS) is 10.4. The molecule has 0 aliphatic rings. The van der Waals surface area contributed by atoms with E-state index in [-0.39, 0.29) is 23.5 Å². The second-order valence-corrected chi connectivity index (χ2v) is 3.38. The molecule has 0 unspecified atom stereocenters. The zero-order chi connectivity index (χ0) is 12.1. The van der Waals surface area contributed by atoms with Crippen LogP contribution in [0.2, 0.25) is 0 Å². The van der Waals surface area contributed by atoms with E-state index in [4.69, 9.17) is 5.73 Å². The number of nitrogens with zero attached hydrogens (tertiary/aromatic N) is 3. The van der Waals surface area contributed by atoms with Gasteiger partial charge in [-0.3, -0.25) is 10.1 Å². The molecule has 0 amide bonds. The molecule has 1 aromatic rings. The lowest BCUT2D eigenvalue weighted by molar-refractivity contribution is -0.384. The van der Waals surface area contributed by atoms with Crippen LogP contribution in [0.5, 0.6) is 0 Å². The van der Waals surface area contributed by atoms with Crippen LogP contribution in [0.25, 0.3) is 0 Å². The van der Waals surface area contributed by atoms with Gasteiger partial charge < -0.3 is 11.1 Å². The summed E-state index contributed by atoms with van der Waals surface area (Å²) in [6.07, 6.45) is 2.84. The minimum atomic E-state index is -0.524.